The lowest BCUT2D eigenvalue weighted by molar-refractivity contribution is 0.506. The molecule has 0 aromatic heterocycles. The average Bonchev–Trinajstić information content (AvgIpc) is 2.30. The van der Waals surface area contributed by atoms with E-state index in [-0.39, 0.29) is 0 Å². The monoisotopic (exact) mass is 261 g/mol. The molecule has 0 radical (unpaired) electrons. The van der Waals surface area contributed by atoms with Crippen LogP contribution >= 0.6 is 11.6 Å². The van der Waals surface area contributed by atoms with Crippen molar-refractivity contribution in [1.82, 2.24) is 5.32 Å². The van der Waals surface area contributed by atoms with Gasteiger partial charge in [-0.05, 0) is 50.0 Å². The minimum atomic E-state index is -0.883. The standard InChI is InChI=1S/C13H18ClF2N/c1-2-17-7-5-3-4-6-10-8-12(15)13(16)9-11(10)14/h8-9,17H,2-7H2,1H3. The van der Waals surface area contributed by atoms with E-state index in [1.54, 1.807) is 0 Å². The summed E-state index contributed by atoms with van der Waals surface area (Å²) in [6.07, 6.45) is 3.79. The lowest BCUT2D eigenvalue weighted by Crippen LogP contribution is -2.13. The molecule has 0 amide bonds. The van der Waals surface area contributed by atoms with Gasteiger partial charge in [0.2, 0.25) is 0 Å². The van der Waals surface area contributed by atoms with Crippen molar-refractivity contribution in [2.45, 2.75) is 32.6 Å². The zero-order valence-electron chi connectivity index (χ0n) is 10.0. The average molecular weight is 262 g/mol. The smallest absolute Gasteiger partial charge is 0.160 e. The number of halogens is 3. The van der Waals surface area contributed by atoms with E-state index >= 15 is 0 Å². The third kappa shape index (κ3) is 5.00. The van der Waals surface area contributed by atoms with E-state index in [1.807, 2.05) is 0 Å². The van der Waals surface area contributed by atoms with Gasteiger partial charge in [-0.2, -0.15) is 0 Å². The van der Waals surface area contributed by atoms with E-state index in [2.05, 4.69) is 12.2 Å². The zero-order chi connectivity index (χ0) is 12.7. The van der Waals surface area contributed by atoms with Crippen LogP contribution in [0.3, 0.4) is 0 Å². The Balaban J connectivity index is 2.34. The highest BCUT2D eigenvalue weighted by Gasteiger charge is 2.07. The predicted octanol–water partition coefficient (Wildman–Crippen LogP) is 3.94. The fourth-order valence-corrected chi connectivity index (χ4v) is 1.92. The van der Waals surface area contributed by atoms with E-state index in [0.717, 1.165) is 38.4 Å². The first-order chi connectivity index (χ1) is 8.15. The van der Waals surface area contributed by atoms with E-state index in [4.69, 9.17) is 11.6 Å². The summed E-state index contributed by atoms with van der Waals surface area (Å²) >= 11 is 5.85. The molecule has 1 N–H and O–H groups in total. The lowest BCUT2D eigenvalue weighted by atomic mass is 10.1. The Kier molecular flexibility index (Phi) is 6.45. The molecule has 0 fully saturated rings. The highest BCUT2D eigenvalue weighted by Crippen LogP contribution is 2.21. The van der Waals surface area contributed by atoms with Gasteiger partial charge >= 0.3 is 0 Å². The summed E-state index contributed by atoms with van der Waals surface area (Å²) in [5, 5.41) is 3.55. The molecule has 0 unspecified atom stereocenters. The predicted molar refractivity (Wildman–Crippen MR) is 67.5 cm³/mol. The van der Waals surface area contributed by atoms with Gasteiger partial charge in [-0.1, -0.05) is 24.9 Å². The Bertz CT molecular complexity index is 356. The van der Waals surface area contributed by atoms with Crippen LogP contribution in [0.4, 0.5) is 8.78 Å². The molecule has 0 saturated heterocycles. The quantitative estimate of drug-likeness (QED) is 0.579. The van der Waals surface area contributed by atoms with Crippen LogP contribution in [0.5, 0.6) is 0 Å². The molecule has 1 nitrogen and oxygen atoms in total. The zero-order valence-corrected chi connectivity index (χ0v) is 10.8. The Morgan fingerprint density at radius 2 is 1.82 bits per heavy atom. The Morgan fingerprint density at radius 1 is 1.12 bits per heavy atom. The third-order valence-corrected chi connectivity index (χ3v) is 2.99. The molecule has 17 heavy (non-hydrogen) atoms. The Hall–Kier alpha value is -0.670. The molecule has 0 aliphatic heterocycles. The van der Waals surface area contributed by atoms with Crippen LogP contribution in [0, 0.1) is 11.6 Å². The molecular formula is C13H18ClF2N. The topological polar surface area (TPSA) is 12.0 Å². The highest BCUT2D eigenvalue weighted by atomic mass is 35.5. The normalized spacial score (nSPS) is 10.8. The first-order valence-corrected chi connectivity index (χ1v) is 6.37. The van der Waals surface area contributed by atoms with Gasteiger partial charge in [-0.3, -0.25) is 0 Å². The van der Waals surface area contributed by atoms with Crippen molar-refractivity contribution in [2.75, 3.05) is 13.1 Å². The molecule has 1 aromatic carbocycles. The summed E-state index contributed by atoms with van der Waals surface area (Å²) in [4.78, 5) is 0. The highest BCUT2D eigenvalue weighted by molar-refractivity contribution is 6.31. The van der Waals surface area contributed by atoms with Crippen molar-refractivity contribution in [3.8, 4) is 0 Å². The molecule has 4 heteroatoms. The molecule has 0 saturated carbocycles. The summed E-state index contributed by atoms with van der Waals surface area (Å²) in [7, 11) is 0. The maximum atomic E-state index is 13.0. The van der Waals surface area contributed by atoms with Gasteiger partial charge in [0.15, 0.2) is 11.6 Å². The molecule has 1 rings (SSSR count). The van der Waals surface area contributed by atoms with Gasteiger partial charge in [-0.15, -0.1) is 0 Å². The summed E-state index contributed by atoms with van der Waals surface area (Å²) in [5.41, 5.74) is 0.689. The third-order valence-electron chi connectivity index (χ3n) is 2.64. The van der Waals surface area contributed by atoms with E-state index in [1.165, 1.54) is 6.07 Å². The van der Waals surface area contributed by atoms with Crippen LogP contribution in [-0.4, -0.2) is 13.1 Å². The fourth-order valence-electron chi connectivity index (χ4n) is 1.67. The molecule has 96 valence electrons. The maximum Gasteiger partial charge on any atom is 0.160 e. The number of hydrogen-bond donors (Lipinski definition) is 1. The van der Waals surface area contributed by atoms with Crippen molar-refractivity contribution < 1.29 is 8.78 Å². The van der Waals surface area contributed by atoms with Crippen LogP contribution in [0.25, 0.3) is 0 Å². The van der Waals surface area contributed by atoms with Gasteiger partial charge in [0.05, 0.1) is 0 Å². The van der Waals surface area contributed by atoms with E-state index in [0.29, 0.717) is 17.0 Å². The largest absolute Gasteiger partial charge is 0.317 e. The van der Waals surface area contributed by atoms with Gasteiger partial charge in [0.1, 0.15) is 0 Å². The summed E-state index contributed by atoms with van der Waals surface area (Å²) < 4.78 is 25.8. The minimum absolute atomic E-state index is 0.315. The van der Waals surface area contributed by atoms with Crippen molar-refractivity contribution >= 4 is 11.6 Å². The molecule has 0 spiro atoms. The minimum Gasteiger partial charge on any atom is -0.317 e. The maximum absolute atomic E-state index is 13.0. The van der Waals surface area contributed by atoms with Crippen molar-refractivity contribution in [3.05, 3.63) is 34.4 Å². The molecular weight excluding hydrogens is 244 g/mol. The number of benzene rings is 1. The second-order valence-corrected chi connectivity index (χ2v) is 4.43. The van der Waals surface area contributed by atoms with Crippen molar-refractivity contribution in [3.63, 3.8) is 0 Å². The molecule has 0 aliphatic rings. The number of unbranched alkanes of at least 4 members (excludes halogenated alkanes) is 2. The number of hydrogen-bond acceptors (Lipinski definition) is 1. The van der Waals surface area contributed by atoms with Gasteiger partial charge in [-0.25, -0.2) is 8.78 Å². The van der Waals surface area contributed by atoms with Crippen LogP contribution in [-0.2, 0) is 6.42 Å². The molecule has 0 bridgehead atoms. The van der Waals surface area contributed by atoms with E-state index < -0.39 is 11.6 Å². The van der Waals surface area contributed by atoms with Crippen LogP contribution in [0.2, 0.25) is 5.02 Å². The first kappa shape index (κ1) is 14.4. The lowest BCUT2D eigenvalue weighted by Gasteiger charge is -2.05. The van der Waals surface area contributed by atoms with Crippen molar-refractivity contribution in [1.29, 1.82) is 0 Å². The van der Waals surface area contributed by atoms with Crippen molar-refractivity contribution in [2.24, 2.45) is 0 Å². The molecule has 0 aliphatic carbocycles. The molecule has 1 aromatic rings. The molecule has 0 heterocycles. The Morgan fingerprint density at radius 3 is 2.53 bits per heavy atom. The summed E-state index contributed by atoms with van der Waals surface area (Å²) in [5.74, 6) is -1.71. The van der Waals surface area contributed by atoms with E-state index in [9.17, 15) is 8.78 Å². The van der Waals surface area contributed by atoms with Crippen LogP contribution in [0.1, 0.15) is 31.7 Å². The van der Waals surface area contributed by atoms with Gasteiger partial charge in [0.25, 0.3) is 0 Å². The van der Waals surface area contributed by atoms with Gasteiger partial charge < -0.3 is 5.32 Å². The Labute approximate surface area is 106 Å². The second kappa shape index (κ2) is 7.62. The summed E-state index contributed by atoms with van der Waals surface area (Å²) in [6.45, 7) is 4.05. The fraction of sp³-hybridized carbons (Fsp3) is 0.538. The second-order valence-electron chi connectivity index (χ2n) is 4.02. The number of aryl methyl sites for hydroxylation is 1. The van der Waals surface area contributed by atoms with Gasteiger partial charge in [0, 0.05) is 5.02 Å². The number of rotatable bonds is 7. The first-order valence-electron chi connectivity index (χ1n) is 5.99. The molecule has 0 atom stereocenters. The summed E-state index contributed by atoms with van der Waals surface area (Å²) in [6, 6.07) is 2.24. The number of nitrogens with one attached hydrogen (secondary N) is 1. The SMILES string of the molecule is CCNCCCCCc1cc(F)c(F)cc1Cl. The van der Waals surface area contributed by atoms with Crippen LogP contribution < -0.4 is 5.32 Å². The van der Waals surface area contributed by atoms with Crippen LogP contribution in [0.15, 0.2) is 12.1 Å².